The lowest BCUT2D eigenvalue weighted by Crippen LogP contribution is -2.61. The second kappa shape index (κ2) is 27.1. The zero-order valence-electron chi connectivity index (χ0n) is 86.2. The summed E-state index contributed by atoms with van der Waals surface area (Å²) < 4.78 is 154. The molecule has 0 bridgehead atoms. The molecule has 0 fully saturated rings. The number of hydrogen-bond acceptors (Lipinski definition) is 2. The molecule has 584 valence electrons. The van der Waals surface area contributed by atoms with Gasteiger partial charge in [-0.25, -0.2) is 0 Å². The molecular weight excluding hydrogens is 1440 g/mol. The Bertz CT molecular complexity index is 8110. The molecule has 2 aliphatic heterocycles. The van der Waals surface area contributed by atoms with Gasteiger partial charge in [0.25, 0.3) is 6.71 Å². The second-order valence-electron chi connectivity index (χ2n) is 39.1. The Morgan fingerprint density at radius 3 is 1.05 bits per heavy atom. The van der Waals surface area contributed by atoms with Gasteiger partial charge >= 0.3 is 0 Å². The summed E-state index contributed by atoms with van der Waals surface area (Å²) in [5.74, 6) is 0. The van der Waals surface area contributed by atoms with Crippen LogP contribution in [0.2, 0.25) is 0 Å². The highest BCUT2D eigenvalue weighted by molar-refractivity contribution is 7.00. The maximum atomic E-state index is 10.5. The molecule has 0 spiro atoms. The maximum absolute atomic E-state index is 10.5. The molecular formula is C114H105BN4. The largest absolute Gasteiger partial charge is 0.311 e. The average Bonchev–Trinajstić information content (AvgIpc) is 1.28. The fourth-order valence-electron chi connectivity index (χ4n) is 18.6. The molecule has 15 aromatic carbocycles. The van der Waals surface area contributed by atoms with E-state index in [0.717, 1.165) is 116 Å². The molecule has 119 heavy (non-hydrogen) atoms. The van der Waals surface area contributed by atoms with Crippen molar-refractivity contribution in [2.24, 2.45) is 0 Å². The van der Waals surface area contributed by atoms with Gasteiger partial charge in [0, 0.05) is 66.2 Å². The highest BCUT2D eigenvalue weighted by Crippen LogP contribution is 2.55. The van der Waals surface area contributed by atoms with Crippen molar-refractivity contribution < 1.29 is 20.6 Å². The summed E-state index contributed by atoms with van der Waals surface area (Å²) in [4.78, 5) is 4.69. The van der Waals surface area contributed by atoms with Crippen LogP contribution in [0.5, 0.6) is 0 Å². The van der Waals surface area contributed by atoms with Gasteiger partial charge in [0.05, 0.1) is 65.2 Å². The SMILES string of the molecule is [2H]c1c([2H])c([2H])c2c(c1[2H])c1c([2H])c([2H])c([2H])c([2H])c1n2-c1cc2c3c(c1)N(c1ccc(C(C)(C)C)cc1-c1cc(C(C)(C)C)cc(C(C)(C)C)c1)c1cc4c(cc1B3c1cc(-c3ccccc3)c(-c3ccccc3)cc1N2c1ccc(C(C)(C)C)cc1-c1cc(C(C)(C)C)cc(C(C)(C)C)c1)c1ccccc1c1ccccc1c1c([2H])c([2H])c([2H])c2c3c([2H])c([2H])c([2H])c([2H])c3n4c12. The number of rotatable bonds is 7. The van der Waals surface area contributed by atoms with Gasteiger partial charge in [-0.2, -0.15) is 0 Å². The minimum atomic E-state index is -0.858. The van der Waals surface area contributed by atoms with Gasteiger partial charge < -0.3 is 18.8 Å². The third-order valence-electron chi connectivity index (χ3n) is 25.1. The van der Waals surface area contributed by atoms with Gasteiger partial charge in [-0.15, -0.1) is 0 Å². The van der Waals surface area contributed by atoms with E-state index in [1.54, 1.807) is 4.57 Å². The normalized spacial score (nSPS) is 15.2. The highest BCUT2D eigenvalue weighted by atomic mass is 15.2. The average molecular weight is 1560 g/mol. The number of nitrogens with zero attached hydrogens (tertiary/aromatic N) is 4. The Hall–Kier alpha value is -12.4. The van der Waals surface area contributed by atoms with Crippen molar-refractivity contribution in [3.8, 4) is 50.2 Å². The van der Waals surface area contributed by atoms with Gasteiger partial charge in [-0.05, 0) is 204 Å². The number of benzene rings is 15. The number of hydrogen-bond donors (Lipinski definition) is 0. The monoisotopic (exact) mass is 1560 g/mol. The van der Waals surface area contributed by atoms with E-state index >= 15 is 0 Å². The molecule has 5 heterocycles. The number of para-hydroxylation sites is 4. The summed E-state index contributed by atoms with van der Waals surface area (Å²) in [6.07, 6.45) is 0. The molecule has 5 heteroatoms. The van der Waals surface area contributed by atoms with E-state index in [1.807, 2.05) is 59.0 Å². The van der Waals surface area contributed by atoms with Crippen LogP contribution in [0.1, 0.15) is 179 Å². The quantitative estimate of drug-likeness (QED) is 0.148. The zero-order chi connectivity index (χ0) is 95.5. The molecule has 0 aliphatic carbocycles. The van der Waals surface area contributed by atoms with Gasteiger partial charge in [0.15, 0.2) is 0 Å². The van der Waals surface area contributed by atoms with Crippen molar-refractivity contribution >= 4 is 139 Å². The summed E-state index contributed by atoms with van der Waals surface area (Å²) >= 11 is 0. The molecule has 3 aromatic heterocycles. The highest BCUT2D eigenvalue weighted by Gasteiger charge is 2.47. The van der Waals surface area contributed by atoms with Crippen LogP contribution in [0.3, 0.4) is 0 Å². The van der Waals surface area contributed by atoms with Gasteiger partial charge in [0.1, 0.15) is 0 Å². The number of anilines is 6. The minimum Gasteiger partial charge on any atom is -0.311 e. The Morgan fingerprint density at radius 1 is 0.244 bits per heavy atom. The molecule has 0 saturated carbocycles. The van der Waals surface area contributed by atoms with Crippen LogP contribution in [0.25, 0.3) is 132 Å². The van der Waals surface area contributed by atoms with Crippen LogP contribution < -0.4 is 26.2 Å². The third-order valence-corrected chi connectivity index (χ3v) is 25.1. The topological polar surface area (TPSA) is 15.8 Å². The minimum absolute atomic E-state index is 0.00596. The first-order valence-corrected chi connectivity index (χ1v) is 41.7. The summed E-state index contributed by atoms with van der Waals surface area (Å²) in [5.41, 5.74) is 18.5. The smallest absolute Gasteiger partial charge is 0.252 e. The lowest BCUT2D eigenvalue weighted by Gasteiger charge is -2.46. The van der Waals surface area contributed by atoms with Gasteiger partial charge in [0.2, 0.25) is 0 Å². The molecule has 18 aromatic rings. The van der Waals surface area contributed by atoms with Crippen LogP contribution in [0.15, 0.2) is 309 Å². The summed E-state index contributed by atoms with van der Waals surface area (Å²) in [5, 5.41) is 3.47. The molecule has 20 rings (SSSR count). The molecule has 0 amide bonds. The molecule has 2 aliphatic rings. The van der Waals surface area contributed by atoms with Crippen molar-refractivity contribution in [2.45, 2.75) is 157 Å². The summed E-state index contributed by atoms with van der Waals surface area (Å²) in [6.45, 7) is 39.3. The van der Waals surface area contributed by atoms with Crippen molar-refractivity contribution in [3.05, 3.63) is 342 Å². The van der Waals surface area contributed by atoms with Crippen LogP contribution in [-0.2, 0) is 32.5 Å². The lowest BCUT2D eigenvalue weighted by atomic mass is 9.33. The van der Waals surface area contributed by atoms with Gasteiger partial charge in [-0.3, -0.25) is 0 Å². The van der Waals surface area contributed by atoms with Crippen LogP contribution in [-0.4, -0.2) is 15.7 Å². The molecule has 0 saturated heterocycles. The van der Waals surface area contributed by atoms with E-state index in [0.29, 0.717) is 44.4 Å². The predicted octanol–water partition coefficient (Wildman–Crippen LogP) is 29.9. The van der Waals surface area contributed by atoms with E-state index in [-0.39, 0.29) is 77.6 Å². The second-order valence-corrected chi connectivity index (χ2v) is 39.1. The third kappa shape index (κ3) is 12.4. The zero-order valence-corrected chi connectivity index (χ0v) is 71.2. The maximum Gasteiger partial charge on any atom is 0.252 e. The van der Waals surface area contributed by atoms with E-state index < -0.39 is 107 Å². The standard InChI is InChI=1S/C114H105BN4/c1-109(2,3)74-52-54-100(92(62-74)72-56-76(111(7,8)9)60-77(57-72)112(10,11)12)117-103-68-91(71-38-23-20-24-39-71)90(70-36-21-19-22-37-70)66-95(103)115-96-67-94-84-43-28-26-41-82(84)81-40-25-27-42-83(81)88-47-35-48-89-87-46-31-34-51-99(87)119(108(88)89)102(94)69-104(96)118(106-65-80(64-105(117)107(106)115)116-97-49-32-29-44-85(97)86-45-30-33-50-98(86)116)101-55-53-75(110(4,5)6)63-93(101)73-58-78(113(13,14)15)61-79(59-73)114(16,17)18/h19-69H,1-18H3/i29D,30D,31D,32D,33D,34D,35D,44D,45D,46D,47D,48D,49D,50D,51D. The first-order valence-electron chi connectivity index (χ1n) is 49.2. The van der Waals surface area contributed by atoms with Crippen molar-refractivity contribution in [1.29, 1.82) is 0 Å². The van der Waals surface area contributed by atoms with Crippen LogP contribution in [0.4, 0.5) is 34.1 Å². The summed E-state index contributed by atoms with van der Waals surface area (Å²) in [6, 6.07) is 70.2. The van der Waals surface area contributed by atoms with Crippen LogP contribution in [0, 0.1) is 0 Å². The van der Waals surface area contributed by atoms with Crippen molar-refractivity contribution in [3.63, 3.8) is 0 Å². The fourth-order valence-corrected chi connectivity index (χ4v) is 18.6. The molecule has 0 unspecified atom stereocenters. The Kier molecular flexibility index (Phi) is 13.7. The van der Waals surface area contributed by atoms with Gasteiger partial charge in [-0.1, -0.05) is 367 Å². The molecule has 0 radical (unpaired) electrons. The predicted molar refractivity (Wildman–Crippen MR) is 516 cm³/mol. The Labute approximate surface area is 723 Å². The van der Waals surface area contributed by atoms with Crippen molar-refractivity contribution in [2.75, 3.05) is 9.80 Å². The fraction of sp³-hybridized carbons (Fsp3) is 0.211. The molecule has 0 N–H and O–H groups in total. The van der Waals surface area contributed by atoms with E-state index in [4.69, 9.17) is 0 Å². The number of aromatic nitrogens is 2. The van der Waals surface area contributed by atoms with E-state index in [1.165, 1.54) is 0 Å². The van der Waals surface area contributed by atoms with Crippen molar-refractivity contribution in [1.82, 2.24) is 8.97 Å². The number of fused-ring (bicyclic) bond motifs is 17. The van der Waals surface area contributed by atoms with Crippen LogP contribution >= 0.6 is 0 Å². The Balaban J connectivity index is 1.11. The molecule has 0 atom stereocenters. The van der Waals surface area contributed by atoms with E-state index in [9.17, 15) is 20.6 Å². The molecule has 4 nitrogen and oxygen atoms in total. The first kappa shape index (κ1) is 60.1. The lowest BCUT2D eigenvalue weighted by molar-refractivity contribution is 0.568. The Morgan fingerprint density at radius 2 is 0.605 bits per heavy atom. The van der Waals surface area contributed by atoms with E-state index in [2.05, 4.69) is 298 Å². The summed E-state index contributed by atoms with van der Waals surface area (Å²) in [7, 11) is 0. The first-order chi connectivity index (χ1) is 63.1.